The smallest absolute Gasteiger partial charge is 0.435 e. The van der Waals surface area contributed by atoms with Gasteiger partial charge >= 0.3 is 6.18 Å². The number of fused-ring (bicyclic) bond motifs is 1. The minimum absolute atomic E-state index is 0.0292. The van der Waals surface area contributed by atoms with Gasteiger partial charge in [-0.1, -0.05) is 18.2 Å². The predicted octanol–water partition coefficient (Wildman–Crippen LogP) is 3.07. The molecule has 0 aliphatic heterocycles. The molecular weight excluding hydrogens is 337 g/mol. The van der Waals surface area contributed by atoms with Crippen LogP contribution in [0.25, 0.3) is 5.65 Å². The van der Waals surface area contributed by atoms with Crippen LogP contribution < -0.4 is 10.1 Å². The number of alkyl halides is 3. The number of aryl methyl sites for hydroxylation is 1. The number of aromatic nitrogens is 3. The zero-order valence-electron chi connectivity index (χ0n) is 13.0. The number of carbonyl (C=O) groups is 1. The molecule has 0 aliphatic rings. The van der Waals surface area contributed by atoms with Gasteiger partial charge in [0.2, 0.25) is 0 Å². The molecule has 2 aromatic heterocycles. The summed E-state index contributed by atoms with van der Waals surface area (Å²) in [6.07, 6.45) is -2.05. The molecule has 1 amide bonds. The van der Waals surface area contributed by atoms with Crippen LogP contribution in [0.4, 0.5) is 18.9 Å². The van der Waals surface area contributed by atoms with Crippen molar-refractivity contribution in [2.24, 2.45) is 0 Å². The van der Waals surface area contributed by atoms with E-state index in [0.717, 1.165) is 16.1 Å². The fraction of sp³-hybridized carbons (Fsp3) is 0.188. The Morgan fingerprint density at radius 3 is 2.80 bits per heavy atom. The lowest BCUT2D eigenvalue weighted by Gasteiger charge is -2.09. The Morgan fingerprint density at radius 1 is 1.32 bits per heavy atom. The summed E-state index contributed by atoms with van der Waals surface area (Å²) < 4.78 is 44.3. The third-order valence-corrected chi connectivity index (χ3v) is 3.34. The zero-order valence-corrected chi connectivity index (χ0v) is 13.0. The Kier molecular flexibility index (Phi) is 4.30. The van der Waals surface area contributed by atoms with Gasteiger partial charge in [-0.3, -0.25) is 4.79 Å². The minimum atomic E-state index is -4.56. The third kappa shape index (κ3) is 3.87. The Balaban J connectivity index is 1.68. The first-order valence-corrected chi connectivity index (χ1v) is 7.24. The standard InChI is InChI=1S/C16H13F3N4O2/c1-10-4-2-3-5-12(10)25-9-15(24)21-11-7-20-14-6-13(16(17,18)19)22-23(14)8-11/h2-8H,9H2,1H3,(H,21,24). The van der Waals surface area contributed by atoms with Crippen LogP contribution in [-0.4, -0.2) is 27.1 Å². The number of halogens is 3. The van der Waals surface area contributed by atoms with Gasteiger partial charge in [0.25, 0.3) is 5.91 Å². The molecule has 3 aromatic rings. The van der Waals surface area contributed by atoms with Gasteiger partial charge in [0.15, 0.2) is 17.9 Å². The molecule has 1 N–H and O–H groups in total. The number of nitrogens with zero attached hydrogens (tertiary/aromatic N) is 3. The molecule has 0 fully saturated rings. The maximum Gasteiger partial charge on any atom is 0.435 e. The predicted molar refractivity (Wildman–Crippen MR) is 83.3 cm³/mol. The van der Waals surface area contributed by atoms with Crippen molar-refractivity contribution >= 4 is 17.2 Å². The van der Waals surface area contributed by atoms with Crippen LogP contribution in [0.5, 0.6) is 5.75 Å². The molecule has 0 spiro atoms. The van der Waals surface area contributed by atoms with Crippen molar-refractivity contribution in [2.75, 3.05) is 11.9 Å². The monoisotopic (exact) mass is 350 g/mol. The van der Waals surface area contributed by atoms with Gasteiger partial charge < -0.3 is 10.1 Å². The first kappa shape index (κ1) is 16.7. The minimum Gasteiger partial charge on any atom is -0.483 e. The maximum atomic E-state index is 12.6. The van der Waals surface area contributed by atoms with E-state index in [4.69, 9.17) is 4.74 Å². The molecule has 0 saturated heterocycles. The molecule has 25 heavy (non-hydrogen) atoms. The van der Waals surface area contributed by atoms with E-state index in [1.807, 2.05) is 19.1 Å². The second-order valence-electron chi connectivity index (χ2n) is 5.28. The largest absolute Gasteiger partial charge is 0.483 e. The van der Waals surface area contributed by atoms with Crippen molar-refractivity contribution in [2.45, 2.75) is 13.1 Å². The van der Waals surface area contributed by atoms with Crippen LogP contribution in [0.15, 0.2) is 42.7 Å². The molecule has 9 heteroatoms. The molecular formula is C16H13F3N4O2. The SMILES string of the molecule is Cc1ccccc1OCC(=O)Nc1cnc2cc(C(F)(F)F)nn2c1. The highest BCUT2D eigenvalue weighted by atomic mass is 19.4. The summed E-state index contributed by atoms with van der Waals surface area (Å²) in [7, 11) is 0. The van der Waals surface area contributed by atoms with Crippen LogP contribution in [0.1, 0.15) is 11.3 Å². The average Bonchev–Trinajstić information content (AvgIpc) is 2.98. The molecule has 0 unspecified atom stereocenters. The summed E-state index contributed by atoms with van der Waals surface area (Å²) in [4.78, 5) is 15.8. The number of anilines is 1. The van der Waals surface area contributed by atoms with Crippen LogP contribution >= 0.6 is 0 Å². The molecule has 0 aliphatic carbocycles. The van der Waals surface area contributed by atoms with Crippen molar-refractivity contribution < 1.29 is 22.7 Å². The fourth-order valence-electron chi connectivity index (χ4n) is 2.14. The van der Waals surface area contributed by atoms with Gasteiger partial charge in [-0.15, -0.1) is 0 Å². The molecule has 6 nitrogen and oxygen atoms in total. The third-order valence-electron chi connectivity index (χ3n) is 3.34. The van der Waals surface area contributed by atoms with Crippen molar-refractivity contribution in [1.29, 1.82) is 0 Å². The number of hydrogen-bond donors (Lipinski definition) is 1. The van der Waals surface area contributed by atoms with Gasteiger partial charge in [0.1, 0.15) is 5.75 Å². The van der Waals surface area contributed by atoms with Gasteiger partial charge in [0, 0.05) is 6.07 Å². The van der Waals surface area contributed by atoms with Gasteiger partial charge in [0.05, 0.1) is 18.1 Å². The topological polar surface area (TPSA) is 68.5 Å². The van der Waals surface area contributed by atoms with Crippen molar-refractivity contribution in [3.63, 3.8) is 0 Å². The summed E-state index contributed by atoms with van der Waals surface area (Å²) in [5.41, 5.74) is 0.0742. The van der Waals surface area contributed by atoms with Gasteiger partial charge in [-0.2, -0.15) is 18.3 Å². The van der Waals surface area contributed by atoms with Crippen LogP contribution in [-0.2, 0) is 11.0 Å². The van der Waals surface area contributed by atoms with Crippen LogP contribution in [0.3, 0.4) is 0 Å². The van der Waals surface area contributed by atoms with Crippen molar-refractivity contribution in [3.8, 4) is 5.75 Å². The van der Waals surface area contributed by atoms with E-state index in [0.29, 0.717) is 5.75 Å². The van der Waals surface area contributed by atoms with Gasteiger partial charge in [-0.05, 0) is 18.6 Å². The second-order valence-corrected chi connectivity index (χ2v) is 5.28. The summed E-state index contributed by atoms with van der Waals surface area (Å²) in [5, 5.41) is 5.91. The van der Waals surface area contributed by atoms with E-state index < -0.39 is 17.8 Å². The summed E-state index contributed by atoms with van der Waals surface area (Å²) in [5.74, 6) is 0.112. The van der Waals surface area contributed by atoms with Crippen LogP contribution in [0, 0.1) is 6.92 Å². The molecule has 0 atom stereocenters. The Bertz CT molecular complexity index is 921. The van der Waals surface area contributed by atoms with E-state index in [2.05, 4.69) is 15.4 Å². The first-order chi connectivity index (χ1) is 11.8. The highest BCUT2D eigenvalue weighted by Crippen LogP contribution is 2.28. The number of para-hydroxylation sites is 1. The Morgan fingerprint density at radius 2 is 2.08 bits per heavy atom. The summed E-state index contributed by atoms with van der Waals surface area (Å²) in [6, 6.07) is 8.04. The Hall–Kier alpha value is -3.10. The number of hydrogen-bond acceptors (Lipinski definition) is 4. The number of nitrogens with one attached hydrogen (secondary N) is 1. The average molecular weight is 350 g/mol. The molecule has 2 heterocycles. The van der Waals surface area contributed by atoms with E-state index in [-0.39, 0.29) is 17.9 Å². The molecule has 0 radical (unpaired) electrons. The lowest BCUT2D eigenvalue weighted by atomic mass is 10.2. The lowest BCUT2D eigenvalue weighted by molar-refractivity contribution is -0.141. The highest BCUT2D eigenvalue weighted by molar-refractivity contribution is 5.91. The lowest BCUT2D eigenvalue weighted by Crippen LogP contribution is -2.20. The molecule has 1 aromatic carbocycles. The van der Waals surface area contributed by atoms with E-state index in [1.54, 1.807) is 12.1 Å². The number of amides is 1. The maximum absolute atomic E-state index is 12.6. The molecule has 0 bridgehead atoms. The Labute approximate surface area is 140 Å². The second kappa shape index (κ2) is 6.42. The first-order valence-electron chi connectivity index (χ1n) is 7.24. The number of carbonyl (C=O) groups excluding carboxylic acids is 1. The highest BCUT2D eigenvalue weighted by Gasteiger charge is 2.34. The number of rotatable bonds is 4. The number of ether oxygens (including phenoxy) is 1. The number of benzene rings is 1. The fourth-order valence-corrected chi connectivity index (χ4v) is 2.14. The quantitative estimate of drug-likeness (QED) is 0.785. The van der Waals surface area contributed by atoms with Crippen molar-refractivity contribution in [3.05, 3.63) is 54.0 Å². The molecule has 3 rings (SSSR count). The van der Waals surface area contributed by atoms with E-state index in [1.165, 1.54) is 12.4 Å². The molecule has 0 saturated carbocycles. The van der Waals surface area contributed by atoms with Gasteiger partial charge in [-0.25, -0.2) is 9.50 Å². The zero-order chi connectivity index (χ0) is 18.0. The van der Waals surface area contributed by atoms with E-state index >= 15 is 0 Å². The summed E-state index contributed by atoms with van der Waals surface area (Å²) in [6.45, 7) is 1.61. The van der Waals surface area contributed by atoms with E-state index in [9.17, 15) is 18.0 Å². The molecule has 130 valence electrons. The van der Waals surface area contributed by atoms with Crippen molar-refractivity contribution in [1.82, 2.24) is 14.6 Å². The normalized spacial score (nSPS) is 11.5. The van der Waals surface area contributed by atoms with Crippen LogP contribution in [0.2, 0.25) is 0 Å². The summed E-state index contributed by atoms with van der Waals surface area (Å²) >= 11 is 0.